The number of oxime groups is 1. The molecule has 2 unspecified atom stereocenters. The van der Waals surface area contributed by atoms with Crippen molar-refractivity contribution in [2.45, 2.75) is 46.1 Å². The minimum absolute atomic E-state index is 0.0793. The number of hydrogen-bond donors (Lipinski definition) is 2. The van der Waals surface area contributed by atoms with Crippen LogP contribution in [0.2, 0.25) is 0 Å². The van der Waals surface area contributed by atoms with E-state index in [9.17, 15) is 0 Å². The summed E-state index contributed by atoms with van der Waals surface area (Å²) in [5.41, 5.74) is 6.13. The minimum Gasteiger partial charge on any atom is -0.473 e. The highest BCUT2D eigenvalue weighted by atomic mass is 16.5. The Hall–Kier alpha value is -1.85. The number of nitrogens with zero attached hydrogens (tertiary/aromatic N) is 3. The lowest BCUT2D eigenvalue weighted by Crippen LogP contribution is -2.35. The average Bonchev–Trinajstić information content (AvgIpc) is 2.36. The third-order valence-electron chi connectivity index (χ3n) is 3.64. The molecule has 3 N–H and O–H groups in total. The van der Waals surface area contributed by atoms with Crippen LogP contribution in [0.15, 0.2) is 17.5 Å². The van der Waals surface area contributed by atoms with E-state index in [1.165, 1.54) is 12.6 Å². The number of aromatic nitrogens is 2. The highest BCUT2D eigenvalue weighted by molar-refractivity contribution is 5.97. The van der Waals surface area contributed by atoms with Crippen molar-refractivity contribution in [2.75, 3.05) is 0 Å². The Morgan fingerprint density at radius 2 is 2.10 bits per heavy atom. The lowest BCUT2D eigenvalue weighted by molar-refractivity contribution is 0.0528. The van der Waals surface area contributed by atoms with E-state index in [1.54, 1.807) is 6.20 Å². The van der Waals surface area contributed by atoms with Crippen LogP contribution >= 0.6 is 0 Å². The topological polar surface area (TPSA) is 93.6 Å². The fourth-order valence-electron chi connectivity index (χ4n) is 3.14. The molecule has 0 bridgehead atoms. The molecule has 2 atom stereocenters. The average molecular weight is 278 g/mol. The predicted octanol–water partition coefficient (Wildman–Crippen LogP) is 2.16. The first-order chi connectivity index (χ1) is 9.41. The molecule has 0 amide bonds. The molecule has 0 saturated heterocycles. The molecule has 1 heterocycles. The molecule has 1 fully saturated rings. The Balaban J connectivity index is 2.18. The summed E-state index contributed by atoms with van der Waals surface area (Å²) in [5, 5.41) is 11.8. The van der Waals surface area contributed by atoms with E-state index >= 15 is 0 Å². The molecule has 1 aliphatic rings. The largest absolute Gasteiger partial charge is 0.473 e. The smallest absolute Gasteiger partial charge is 0.244 e. The molecule has 1 aromatic heterocycles. The fourth-order valence-corrected chi connectivity index (χ4v) is 3.14. The zero-order chi connectivity index (χ0) is 14.8. The Kier molecular flexibility index (Phi) is 4.11. The van der Waals surface area contributed by atoms with Crippen molar-refractivity contribution < 1.29 is 9.94 Å². The van der Waals surface area contributed by atoms with Gasteiger partial charge >= 0.3 is 0 Å². The summed E-state index contributed by atoms with van der Waals surface area (Å²) in [5.74, 6) is 0.849. The molecule has 2 rings (SSSR count). The summed E-state index contributed by atoms with van der Waals surface area (Å²) >= 11 is 0. The maximum absolute atomic E-state index is 8.78. The molecule has 1 saturated carbocycles. The molecule has 6 heteroatoms. The molecular formula is C14H22N4O2. The van der Waals surface area contributed by atoms with Crippen molar-refractivity contribution in [1.29, 1.82) is 0 Å². The fraction of sp³-hybridized carbons (Fsp3) is 0.643. The quantitative estimate of drug-likeness (QED) is 0.382. The van der Waals surface area contributed by atoms with Gasteiger partial charge in [-0.05, 0) is 30.6 Å². The van der Waals surface area contributed by atoms with Crippen LogP contribution in [0.1, 0.15) is 45.7 Å². The number of hydrogen-bond acceptors (Lipinski definition) is 5. The molecule has 0 aromatic carbocycles. The standard InChI is InChI=1S/C14H22N4O2/c1-9-6-10(8-14(2,3)7-9)20-13-11(12(15)18-19)16-4-5-17-13/h4-5,9-10,19H,6-8H2,1-3H3,(H2,15,18). The van der Waals surface area contributed by atoms with Crippen molar-refractivity contribution in [3.8, 4) is 5.88 Å². The van der Waals surface area contributed by atoms with Gasteiger partial charge in [0.15, 0.2) is 11.5 Å². The molecule has 0 aliphatic heterocycles. The van der Waals surface area contributed by atoms with Crippen molar-refractivity contribution >= 4 is 5.84 Å². The van der Waals surface area contributed by atoms with E-state index in [2.05, 4.69) is 35.9 Å². The van der Waals surface area contributed by atoms with Gasteiger partial charge in [-0.2, -0.15) is 0 Å². The number of amidine groups is 1. The van der Waals surface area contributed by atoms with Crippen LogP contribution in [0.4, 0.5) is 0 Å². The highest BCUT2D eigenvalue weighted by Gasteiger charge is 2.33. The summed E-state index contributed by atoms with van der Waals surface area (Å²) in [6.45, 7) is 6.73. The third-order valence-corrected chi connectivity index (χ3v) is 3.64. The second-order valence-corrected chi connectivity index (χ2v) is 6.35. The van der Waals surface area contributed by atoms with Crippen LogP contribution < -0.4 is 10.5 Å². The number of nitrogens with two attached hydrogens (primary N) is 1. The van der Waals surface area contributed by atoms with E-state index in [1.807, 2.05) is 0 Å². The van der Waals surface area contributed by atoms with Crippen LogP contribution in [-0.2, 0) is 0 Å². The van der Waals surface area contributed by atoms with Crippen LogP contribution in [-0.4, -0.2) is 27.1 Å². The summed E-state index contributed by atoms with van der Waals surface area (Å²) in [6.07, 6.45) is 6.25. The first-order valence-electron chi connectivity index (χ1n) is 6.87. The first kappa shape index (κ1) is 14.6. The van der Waals surface area contributed by atoms with Crippen molar-refractivity contribution in [2.24, 2.45) is 22.2 Å². The van der Waals surface area contributed by atoms with Crippen molar-refractivity contribution in [3.63, 3.8) is 0 Å². The Bertz CT molecular complexity index is 502. The third kappa shape index (κ3) is 3.37. The summed E-state index contributed by atoms with van der Waals surface area (Å²) in [7, 11) is 0. The van der Waals surface area contributed by atoms with Gasteiger partial charge in [-0.3, -0.25) is 0 Å². The van der Waals surface area contributed by atoms with E-state index in [0.717, 1.165) is 12.8 Å². The first-order valence-corrected chi connectivity index (χ1v) is 6.87. The molecule has 6 nitrogen and oxygen atoms in total. The number of rotatable bonds is 3. The molecule has 110 valence electrons. The van der Waals surface area contributed by atoms with Crippen molar-refractivity contribution in [1.82, 2.24) is 9.97 Å². The minimum atomic E-state index is -0.0868. The van der Waals surface area contributed by atoms with Gasteiger partial charge in [0.1, 0.15) is 6.10 Å². The lowest BCUT2D eigenvalue weighted by atomic mass is 9.71. The normalized spacial score (nSPS) is 26.2. The second kappa shape index (κ2) is 5.64. The lowest BCUT2D eigenvalue weighted by Gasteiger charge is -2.38. The molecular weight excluding hydrogens is 256 g/mol. The van der Waals surface area contributed by atoms with Crippen LogP contribution in [0, 0.1) is 11.3 Å². The molecule has 1 aromatic rings. The van der Waals surface area contributed by atoms with Crippen LogP contribution in [0.5, 0.6) is 5.88 Å². The van der Waals surface area contributed by atoms with Gasteiger partial charge in [-0.1, -0.05) is 25.9 Å². The maximum atomic E-state index is 8.78. The van der Waals surface area contributed by atoms with Crippen LogP contribution in [0.25, 0.3) is 0 Å². The molecule has 20 heavy (non-hydrogen) atoms. The van der Waals surface area contributed by atoms with Gasteiger partial charge in [0.2, 0.25) is 5.88 Å². The maximum Gasteiger partial charge on any atom is 0.244 e. The van der Waals surface area contributed by atoms with Crippen molar-refractivity contribution in [3.05, 3.63) is 18.1 Å². The van der Waals surface area contributed by atoms with Gasteiger partial charge in [-0.15, -0.1) is 0 Å². The SMILES string of the molecule is CC1CC(Oc2nccnc2C(N)=NO)CC(C)(C)C1. The molecule has 0 spiro atoms. The highest BCUT2D eigenvalue weighted by Crippen LogP contribution is 2.39. The monoisotopic (exact) mass is 278 g/mol. The zero-order valence-corrected chi connectivity index (χ0v) is 12.2. The second-order valence-electron chi connectivity index (χ2n) is 6.35. The van der Waals surface area contributed by atoms with E-state index in [0.29, 0.717) is 11.8 Å². The van der Waals surface area contributed by atoms with E-state index < -0.39 is 0 Å². The van der Waals surface area contributed by atoms with Crippen LogP contribution in [0.3, 0.4) is 0 Å². The predicted molar refractivity (Wildman–Crippen MR) is 75.8 cm³/mol. The van der Waals surface area contributed by atoms with Gasteiger partial charge < -0.3 is 15.7 Å². The van der Waals surface area contributed by atoms with Gasteiger partial charge in [0.25, 0.3) is 0 Å². The zero-order valence-electron chi connectivity index (χ0n) is 12.2. The Morgan fingerprint density at radius 1 is 1.40 bits per heavy atom. The summed E-state index contributed by atoms with van der Waals surface area (Å²) in [4.78, 5) is 8.22. The summed E-state index contributed by atoms with van der Waals surface area (Å²) in [6, 6.07) is 0. The van der Waals surface area contributed by atoms with Gasteiger partial charge in [0.05, 0.1) is 0 Å². The molecule has 0 radical (unpaired) electrons. The summed E-state index contributed by atoms with van der Waals surface area (Å²) < 4.78 is 5.97. The van der Waals surface area contributed by atoms with Gasteiger partial charge in [0, 0.05) is 12.4 Å². The van der Waals surface area contributed by atoms with E-state index in [4.69, 9.17) is 15.7 Å². The van der Waals surface area contributed by atoms with E-state index in [-0.39, 0.29) is 23.0 Å². The van der Waals surface area contributed by atoms with Gasteiger partial charge in [-0.25, -0.2) is 9.97 Å². The Morgan fingerprint density at radius 3 is 2.75 bits per heavy atom. The molecule has 1 aliphatic carbocycles. The Labute approximate surface area is 119 Å². The number of ether oxygens (including phenoxy) is 1.